The lowest BCUT2D eigenvalue weighted by molar-refractivity contribution is -0.113. The molecule has 1 N–H and O–H groups in total. The Kier molecular flexibility index (Phi) is 7.77. The lowest BCUT2D eigenvalue weighted by Gasteiger charge is -2.16. The van der Waals surface area contributed by atoms with Crippen LogP contribution in [0.2, 0.25) is 0 Å². The summed E-state index contributed by atoms with van der Waals surface area (Å²) in [5, 5.41) is 12.1. The van der Waals surface area contributed by atoms with E-state index in [0.717, 1.165) is 5.75 Å². The number of amides is 1. The quantitative estimate of drug-likeness (QED) is 0.471. The van der Waals surface area contributed by atoms with Crippen LogP contribution in [0.1, 0.15) is 25.8 Å². The number of hydrogen-bond acceptors (Lipinski definition) is 7. The molecule has 1 atom stereocenters. The lowest BCUT2D eigenvalue weighted by Crippen LogP contribution is -2.16. The van der Waals surface area contributed by atoms with Crippen molar-refractivity contribution in [3.63, 3.8) is 0 Å². The third kappa shape index (κ3) is 5.69. The Bertz CT molecular complexity index is 1020. The molecule has 3 aromatic rings. The number of aromatic nitrogens is 3. The third-order valence-corrected chi connectivity index (χ3v) is 5.46. The minimum Gasteiger partial charge on any atom is -0.497 e. The first-order chi connectivity index (χ1) is 15.0. The van der Waals surface area contributed by atoms with E-state index >= 15 is 0 Å². The molecule has 8 nitrogen and oxygen atoms in total. The molecule has 31 heavy (non-hydrogen) atoms. The van der Waals surface area contributed by atoms with E-state index in [0.29, 0.717) is 34.7 Å². The fourth-order valence-electron chi connectivity index (χ4n) is 3.00. The number of carbonyl (C=O) groups excluding carboxylic acids is 1. The van der Waals surface area contributed by atoms with Crippen molar-refractivity contribution < 1.29 is 19.0 Å². The number of methoxy groups -OCH3 is 2. The van der Waals surface area contributed by atoms with Crippen LogP contribution >= 0.6 is 11.8 Å². The van der Waals surface area contributed by atoms with Gasteiger partial charge in [0.15, 0.2) is 17.1 Å². The minimum absolute atomic E-state index is 0.151. The van der Waals surface area contributed by atoms with Gasteiger partial charge in [0.05, 0.1) is 25.7 Å². The number of benzene rings is 2. The van der Waals surface area contributed by atoms with Crippen molar-refractivity contribution in [2.24, 2.45) is 0 Å². The molecule has 1 heterocycles. The van der Waals surface area contributed by atoms with Gasteiger partial charge in [-0.3, -0.25) is 4.79 Å². The zero-order valence-corrected chi connectivity index (χ0v) is 18.8. The number of anilines is 1. The van der Waals surface area contributed by atoms with Gasteiger partial charge < -0.3 is 24.1 Å². The van der Waals surface area contributed by atoms with Crippen LogP contribution in [0, 0.1) is 0 Å². The second-order valence-corrected chi connectivity index (χ2v) is 7.50. The van der Waals surface area contributed by atoms with Gasteiger partial charge in [-0.2, -0.15) is 0 Å². The number of hydrogen-bond donors (Lipinski definition) is 1. The van der Waals surface area contributed by atoms with E-state index in [1.165, 1.54) is 11.8 Å². The van der Waals surface area contributed by atoms with Gasteiger partial charge in [-0.1, -0.05) is 30.0 Å². The molecule has 3 rings (SSSR count). The van der Waals surface area contributed by atoms with Gasteiger partial charge in [-0.15, -0.1) is 10.2 Å². The van der Waals surface area contributed by atoms with Crippen LogP contribution in [0.5, 0.6) is 17.2 Å². The molecule has 0 radical (unpaired) electrons. The maximum atomic E-state index is 12.4. The SMILES string of the molecule is CCn1c(SCC(=O)Nc2ccccc2OC)nnc1C(C)Oc1cccc(OC)c1. The van der Waals surface area contributed by atoms with Crippen LogP contribution in [0.3, 0.4) is 0 Å². The van der Waals surface area contributed by atoms with Crippen LogP contribution in [0.4, 0.5) is 5.69 Å². The highest BCUT2D eigenvalue weighted by Crippen LogP contribution is 2.27. The Morgan fingerprint density at radius 1 is 1.10 bits per heavy atom. The van der Waals surface area contributed by atoms with E-state index in [2.05, 4.69) is 15.5 Å². The molecule has 0 spiro atoms. The van der Waals surface area contributed by atoms with Gasteiger partial charge in [0.1, 0.15) is 17.2 Å². The monoisotopic (exact) mass is 442 g/mol. The van der Waals surface area contributed by atoms with Crippen molar-refractivity contribution in [3.05, 3.63) is 54.4 Å². The first-order valence-electron chi connectivity index (χ1n) is 9.85. The second-order valence-electron chi connectivity index (χ2n) is 6.56. The molecule has 2 aromatic carbocycles. The molecule has 0 bridgehead atoms. The average Bonchev–Trinajstić information content (AvgIpc) is 3.21. The zero-order valence-electron chi connectivity index (χ0n) is 18.0. The highest BCUT2D eigenvalue weighted by molar-refractivity contribution is 7.99. The van der Waals surface area contributed by atoms with Crippen LogP contribution in [-0.2, 0) is 11.3 Å². The highest BCUT2D eigenvalue weighted by atomic mass is 32.2. The summed E-state index contributed by atoms with van der Waals surface area (Å²) in [6.07, 6.45) is -0.323. The highest BCUT2D eigenvalue weighted by Gasteiger charge is 2.20. The van der Waals surface area contributed by atoms with E-state index in [9.17, 15) is 4.79 Å². The number of rotatable bonds is 10. The van der Waals surface area contributed by atoms with Crippen molar-refractivity contribution >= 4 is 23.4 Å². The molecule has 1 unspecified atom stereocenters. The minimum atomic E-state index is -0.323. The topological polar surface area (TPSA) is 87.5 Å². The molecule has 0 fully saturated rings. The largest absolute Gasteiger partial charge is 0.497 e. The Morgan fingerprint density at radius 3 is 2.61 bits per heavy atom. The third-order valence-electron chi connectivity index (χ3n) is 4.49. The molecule has 0 saturated carbocycles. The smallest absolute Gasteiger partial charge is 0.234 e. The van der Waals surface area contributed by atoms with Crippen molar-refractivity contribution in [2.45, 2.75) is 31.7 Å². The summed E-state index contributed by atoms with van der Waals surface area (Å²) in [6, 6.07) is 14.7. The molecule has 0 saturated heterocycles. The van der Waals surface area contributed by atoms with E-state index in [-0.39, 0.29) is 17.8 Å². The van der Waals surface area contributed by atoms with E-state index in [1.54, 1.807) is 26.4 Å². The Balaban J connectivity index is 1.64. The molecule has 0 aliphatic heterocycles. The van der Waals surface area contributed by atoms with Gasteiger partial charge in [-0.05, 0) is 38.1 Å². The fraction of sp³-hybridized carbons (Fsp3) is 0.318. The van der Waals surface area contributed by atoms with Crippen molar-refractivity contribution in [1.82, 2.24) is 14.8 Å². The molecular weight excluding hydrogens is 416 g/mol. The molecule has 0 aliphatic carbocycles. The van der Waals surface area contributed by atoms with Gasteiger partial charge in [0.25, 0.3) is 0 Å². The summed E-state index contributed by atoms with van der Waals surface area (Å²) in [7, 11) is 3.18. The first kappa shape index (κ1) is 22.5. The number of para-hydroxylation sites is 2. The van der Waals surface area contributed by atoms with Crippen LogP contribution in [0.15, 0.2) is 53.7 Å². The summed E-state index contributed by atoms with van der Waals surface area (Å²) in [4.78, 5) is 12.4. The number of carbonyl (C=O) groups is 1. The Labute approximate surface area is 185 Å². The first-order valence-corrected chi connectivity index (χ1v) is 10.8. The van der Waals surface area contributed by atoms with Crippen molar-refractivity contribution in [1.29, 1.82) is 0 Å². The summed E-state index contributed by atoms with van der Waals surface area (Å²) >= 11 is 1.32. The van der Waals surface area contributed by atoms with Crippen LogP contribution in [-0.4, -0.2) is 40.6 Å². The molecule has 1 amide bonds. The maximum absolute atomic E-state index is 12.4. The lowest BCUT2D eigenvalue weighted by atomic mass is 10.3. The van der Waals surface area contributed by atoms with E-state index < -0.39 is 0 Å². The maximum Gasteiger partial charge on any atom is 0.234 e. The zero-order chi connectivity index (χ0) is 22.2. The average molecular weight is 443 g/mol. The fourth-order valence-corrected chi connectivity index (χ4v) is 3.81. The van der Waals surface area contributed by atoms with Crippen molar-refractivity contribution in [2.75, 3.05) is 25.3 Å². The van der Waals surface area contributed by atoms with E-state index in [1.807, 2.05) is 54.8 Å². The van der Waals surface area contributed by atoms with E-state index in [4.69, 9.17) is 14.2 Å². The summed E-state index contributed by atoms with van der Waals surface area (Å²) in [6.45, 7) is 4.58. The Morgan fingerprint density at radius 2 is 1.87 bits per heavy atom. The normalized spacial score (nSPS) is 11.6. The van der Waals surface area contributed by atoms with Gasteiger partial charge >= 0.3 is 0 Å². The van der Waals surface area contributed by atoms with Gasteiger partial charge in [0.2, 0.25) is 5.91 Å². The standard InChI is InChI=1S/C22H26N4O4S/c1-5-26-21(15(2)30-17-10-8-9-16(13-17)28-3)24-25-22(26)31-14-20(27)23-18-11-6-7-12-19(18)29-4/h6-13,15H,5,14H2,1-4H3,(H,23,27). The summed E-state index contributed by atoms with van der Waals surface area (Å²) < 4.78 is 18.5. The number of nitrogens with one attached hydrogen (secondary N) is 1. The molecule has 164 valence electrons. The van der Waals surface area contributed by atoms with Crippen LogP contribution in [0.25, 0.3) is 0 Å². The summed E-state index contributed by atoms with van der Waals surface area (Å²) in [5.41, 5.74) is 0.633. The number of ether oxygens (including phenoxy) is 3. The Hall–Kier alpha value is -3.20. The van der Waals surface area contributed by atoms with Gasteiger partial charge in [-0.25, -0.2) is 0 Å². The van der Waals surface area contributed by atoms with Gasteiger partial charge in [0, 0.05) is 12.6 Å². The predicted octanol–water partition coefficient (Wildman–Crippen LogP) is 4.19. The molecule has 1 aromatic heterocycles. The van der Waals surface area contributed by atoms with Crippen LogP contribution < -0.4 is 19.5 Å². The number of nitrogens with zero attached hydrogens (tertiary/aromatic N) is 3. The molecule has 9 heteroatoms. The molecule has 0 aliphatic rings. The van der Waals surface area contributed by atoms with Crippen molar-refractivity contribution in [3.8, 4) is 17.2 Å². The predicted molar refractivity (Wildman–Crippen MR) is 120 cm³/mol. The number of thioether (sulfide) groups is 1. The second kappa shape index (κ2) is 10.7. The summed E-state index contributed by atoms with van der Waals surface area (Å²) in [5.74, 6) is 2.76. The molecular formula is C22H26N4O4S.